The van der Waals surface area contributed by atoms with Crippen molar-refractivity contribution in [1.29, 1.82) is 0 Å². The Morgan fingerprint density at radius 3 is 2.04 bits per heavy atom. The van der Waals surface area contributed by atoms with Crippen LogP contribution in [-0.2, 0) is 32.9 Å². The fraction of sp³-hybridized carbons (Fsp3) is 0.209. The SMILES string of the molecule is Cc1nc2cc(Cc3nc4cccc(-c5nn(C)c(C(=O)Nc6ccnc(C7CC7)c6)c5C(F)(F)F)c4s3)cc(-c3nn(C)c(C(=O)Nc4cnc(-n5nccn5)c(Cl)c4)c3C(F)(F)F)c2s1. The Morgan fingerprint density at radius 1 is 0.761 bits per heavy atom. The third-order valence-electron chi connectivity index (χ3n) is 10.8. The summed E-state index contributed by atoms with van der Waals surface area (Å²) in [6.07, 6.45) is -2.68. The number of nitrogens with zero attached hydrogens (tertiary/aromatic N) is 11. The number of thiazole rings is 2. The van der Waals surface area contributed by atoms with Crippen LogP contribution in [-0.4, -0.2) is 66.3 Å². The van der Waals surface area contributed by atoms with Crippen molar-refractivity contribution >= 4 is 77.9 Å². The van der Waals surface area contributed by atoms with E-state index in [1.165, 1.54) is 69.2 Å². The molecule has 7 aromatic heterocycles. The molecule has 2 amide bonds. The van der Waals surface area contributed by atoms with E-state index in [2.05, 4.69) is 46.0 Å². The summed E-state index contributed by atoms with van der Waals surface area (Å²) in [5, 5.41) is 22.4. The first-order valence-corrected chi connectivity index (χ1v) is 22.1. The van der Waals surface area contributed by atoms with Gasteiger partial charge in [0.1, 0.15) is 33.9 Å². The number of carbonyl (C=O) groups is 2. The van der Waals surface area contributed by atoms with E-state index in [-0.39, 0.29) is 40.0 Å². The van der Waals surface area contributed by atoms with Gasteiger partial charge < -0.3 is 10.6 Å². The fourth-order valence-electron chi connectivity index (χ4n) is 7.88. The van der Waals surface area contributed by atoms with Gasteiger partial charge in [0.2, 0.25) is 0 Å². The van der Waals surface area contributed by atoms with Crippen LogP contribution in [0.2, 0.25) is 5.02 Å². The Bertz CT molecular complexity index is 3450. The maximum Gasteiger partial charge on any atom is 0.420 e. The summed E-state index contributed by atoms with van der Waals surface area (Å²) in [6.45, 7) is 1.70. The van der Waals surface area contributed by atoms with Crippen molar-refractivity contribution in [3.8, 4) is 28.3 Å². The minimum atomic E-state index is -5.08. The van der Waals surface area contributed by atoms with Crippen molar-refractivity contribution < 1.29 is 35.9 Å². The molecule has 7 heterocycles. The van der Waals surface area contributed by atoms with Gasteiger partial charge in [-0.1, -0.05) is 23.7 Å². The Labute approximate surface area is 386 Å². The largest absolute Gasteiger partial charge is 0.420 e. The van der Waals surface area contributed by atoms with E-state index in [4.69, 9.17) is 16.6 Å². The third-order valence-corrected chi connectivity index (χ3v) is 13.2. The Kier molecular flexibility index (Phi) is 10.7. The molecule has 67 heavy (non-hydrogen) atoms. The second-order valence-corrected chi connectivity index (χ2v) is 18.2. The number of hydrogen-bond acceptors (Lipinski definition) is 12. The van der Waals surface area contributed by atoms with Crippen LogP contribution in [0.25, 0.3) is 48.8 Å². The minimum absolute atomic E-state index is 0.00470. The van der Waals surface area contributed by atoms with Crippen molar-refractivity contribution in [2.45, 2.75) is 44.5 Å². The quantitative estimate of drug-likeness (QED) is 0.125. The molecule has 340 valence electrons. The molecule has 0 unspecified atom stereocenters. The van der Waals surface area contributed by atoms with Gasteiger partial charge in [-0.15, -0.1) is 27.5 Å². The monoisotopic (exact) mass is 973 g/mol. The molecular formula is C43H30ClF6N13O2S2. The van der Waals surface area contributed by atoms with Gasteiger partial charge in [0.15, 0.2) is 5.82 Å². The first-order valence-electron chi connectivity index (χ1n) is 20.1. The average molecular weight is 974 g/mol. The van der Waals surface area contributed by atoms with E-state index in [1.54, 1.807) is 25.1 Å². The number of nitrogens with one attached hydrogen (secondary N) is 2. The number of fused-ring (bicyclic) bond motifs is 2. The van der Waals surface area contributed by atoms with Gasteiger partial charge in [-0.05, 0) is 61.7 Å². The van der Waals surface area contributed by atoms with Gasteiger partial charge >= 0.3 is 12.4 Å². The van der Waals surface area contributed by atoms with Crippen LogP contribution in [0.4, 0.5) is 37.7 Å². The van der Waals surface area contributed by atoms with Crippen LogP contribution in [0.3, 0.4) is 0 Å². The molecule has 0 spiro atoms. The lowest BCUT2D eigenvalue weighted by Crippen LogP contribution is -2.21. The number of benzene rings is 2. The van der Waals surface area contributed by atoms with Gasteiger partial charge in [-0.3, -0.25) is 23.9 Å². The highest BCUT2D eigenvalue weighted by Crippen LogP contribution is 2.46. The molecule has 0 atom stereocenters. The van der Waals surface area contributed by atoms with Gasteiger partial charge in [0.25, 0.3) is 11.8 Å². The zero-order valence-corrected chi connectivity index (χ0v) is 37.2. The number of carbonyl (C=O) groups excluding carboxylic acids is 2. The molecule has 0 saturated heterocycles. The number of aromatic nitrogens is 11. The normalized spacial score (nSPS) is 13.2. The highest BCUT2D eigenvalue weighted by molar-refractivity contribution is 7.19. The number of alkyl halides is 6. The summed E-state index contributed by atoms with van der Waals surface area (Å²) < 4.78 is 93.3. The maximum atomic E-state index is 15.2. The van der Waals surface area contributed by atoms with Crippen molar-refractivity contribution in [1.82, 2.24) is 54.5 Å². The standard InChI is InChI=1S/C43H30ClF6N13O2S2/c1-19-55-29-14-20(13-25(38(29)66-19)34-32(43(48,49)50)36(62(3)60-34)41(65)57-23-16-26(44)39(52-18-23)63-53-11-12-54-63)15-30-58-27-6-4-5-24(37(27)67-30)33-31(42(45,46)47)35(61(2)59-33)40(64)56-22-9-10-51-28(17-22)21-7-8-21/h4-6,9-14,16-18,21H,7-8,15H2,1-3H3,(H,57,65)(H,51,56,64). The van der Waals surface area contributed by atoms with Crippen LogP contribution < -0.4 is 10.6 Å². The van der Waals surface area contributed by atoms with E-state index in [1.807, 2.05) is 0 Å². The molecule has 2 N–H and O–H groups in total. The van der Waals surface area contributed by atoms with E-state index in [0.717, 1.165) is 55.4 Å². The highest BCUT2D eigenvalue weighted by Gasteiger charge is 2.44. The predicted molar refractivity (Wildman–Crippen MR) is 237 cm³/mol. The first kappa shape index (κ1) is 43.8. The van der Waals surface area contributed by atoms with Gasteiger partial charge in [0.05, 0.1) is 59.7 Å². The summed E-state index contributed by atoms with van der Waals surface area (Å²) in [4.78, 5) is 46.2. The van der Waals surface area contributed by atoms with E-state index in [9.17, 15) is 9.59 Å². The zero-order chi connectivity index (χ0) is 47.1. The lowest BCUT2D eigenvalue weighted by atomic mass is 10.0. The number of amides is 2. The van der Waals surface area contributed by atoms with E-state index in [0.29, 0.717) is 41.7 Å². The molecule has 10 rings (SSSR count). The van der Waals surface area contributed by atoms with Gasteiger partial charge in [0, 0.05) is 55.1 Å². The molecule has 15 nitrogen and oxygen atoms in total. The molecule has 0 radical (unpaired) electrons. The van der Waals surface area contributed by atoms with Crippen LogP contribution in [0.5, 0.6) is 0 Å². The summed E-state index contributed by atoms with van der Waals surface area (Å²) >= 11 is 8.57. The van der Waals surface area contributed by atoms with Crippen LogP contribution in [0.1, 0.15) is 72.1 Å². The van der Waals surface area contributed by atoms with Gasteiger partial charge in [-0.25, -0.2) is 15.0 Å². The average Bonchev–Trinajstić information content (AvgIpc) is 3.65. The molecule has 0 aliphatic heterocycles. The minimum Gasteiger partial charge on any atom is -0.321 e. The summed E-state index contributed by atoms with van der Waals surface area (Å²) in [7, 11) is 2.48. The van der Waals surface area contributed by atoms with Crippen LogP contribution in [0, 0.1) is 6.92 Å². The third kappa shape index (κ3) is 8.26. The van der Waals surface area contributed by atoms with Crippen molar-refractivity contribution in [2.75, 3.05) is 10.6 Å². The summed E-state index contributed by atoms with van der Waals surface area (Å²) in [6, 6.07) is 12.3. The number of halogens is 7. The molecule has 1 fully saturated rings. The first-order chi connectivity index (χ1) is 31.9. The van der Waals surface area contributed by atoms with Crippen molar-refractivity contribution in [3.05, 3.63) is 122 Å². The number of aryl methyl sites for hydroxylation is 3. The number of anilines is 2. The molecule has 1 saturated carbocycles. The van der Waals surface area contributed by atoms with Gasteiger partial charge in [-0.2, -0.15) is 46.7 Å². The smallest absolute Gasteiger partial charge is 0.321 e. The molecule has 0 bridgehead atoms. The summed E-state index contributed by atoms with van der Waals surface area (Å²) in [5.74, 6) is -1.77. The van der Waals surface area contributed by atoms with Crippen LogP contribution in [0.15, 0.2) is 73.3 Å². The van der Waals surface area contributed by atoms with E-state index < -0.39 is 58.1 Å². The lowest BCUT2D eigenvalue weighted by Gasteiger charge is -2.12. The molecular weight excluding hydrogens is 944 g/mol. The fourth-order valence-corrected chi connectivity index (χ4v) is 10.1. The molecule has 9 aromatic rings. The Hall–Kier alpha value is -7.11. The number of pyridine rings is 2. The lowest BCUT2D eigenvalue weighted by molar-refractivity contribution is -0.138. The maximum absolute atomic E-state index is 15.2. The van der Waals surface area contributed by atoms with E-state index >= 15 is 26.3 Å². The number of rotatable bonds is 10. The Morgan fingerprint density at radius 2 is 1.40 bits per heavy atom. The molecule has 1 aliphatic rings. The highest BCUT2D eigenvalue weighted by atomic mass is 35.5. The molecule has 2 aromatic carbocycles. The molecule has 24 heteroatoms. The summed E-state index contributed by atoms with van der Waals surface area (Å²) in [5.41, 5.74) is -2.70. The molecule has 1 aliphatic carbocycles. The predicted octanol–water partition coefficient (Wildman–Crippen LogP) is 10.0. The Balaban J connectivity index is 0.999. The second-order valence-electron chi connectivity index (χ2n) is 15.5. The number of hydrogen-bond donors (Lipinski definition) is 2. The van der Waals surface area contributed by atoms with Crippen molar-refractivity contribution in [3.63, 3.8) is 0 Å². The second kappa shape index (κ2) is 16.3. The zero-order valence-electron chi connectivity index (χ0n) is 34.8. The van der Waals surface area contributed by atoms with Crippen LogP contribution >= 0.6 is 34.3 Å². The topological polar surface area (TPSA) is 176 Å². The van der Waals surface area contributed by atoms with Crippen molar-refractivity contribution in [2.24, 2.45) is 14.1 Å².